The summed E-state index contributed by atoms with van der Waals surface area (Å²) >= 11 is 1.73. The number of rotatable bonds is 6. The molecule has 0 bridgehead atoms. The highest BCUT2D eigenvalue weighted by Gasteiger charge is 2.37. The fourth-order valence-corrected chi connectivity index (χ4v) is 4.27. The second-order valence-corrected chi connectivity index (χ2v) is 13.3. The zero-order chi connectivity index (χ0) is 16.4. The lowest BCUT2D eigenvalue weighted by atomic mass is 10.2. The molecule has 4 nitrogen and oxygen atoms in total. The third-order valence-electron chi connectivity index (χ3n) is 4.91. The third-order valence-corrected chi connectivity index (χ3v) is 10.3. The largest absolute Gasteiger partial charge is 0.411 e. The van der Waals surface area contributed by atoms with Crippen LogP contribution in [0.15, 0.2) is 5.38 Å². The van der Waals surface area contributed by atoms with Crippen LogP contribution in [0, 0.1) is 0 Å². The number of ether oxygens (including phenoxy) is 1. The van der Waals surface area contributed by atoms with Crippen molar-refractivity contribution in [1.82, 2.24) is 4.98 Å². The summed E-state index contributed by atoms with van der Waals surface area (Å²) < 4.78 is 11.6. The third kappa shape index (κ3) is 4.10. The Bertz CT molecular complexity index is 485. The Morgan fingerprint density at radius 1 is 1.41 bits per heavy atom. The van der Waals surface area contributed by atoms with Crippen molar-refractivity contribution in [3.05, 3.63) is 11.1 Å². The summed E-state index contributed by atoms with van der Waals surface area (Å²) in [7, 11) is 0.0696. The van der Waals surface area contributed by atoms with E-state index >= 15 is 0 Å². The molecular weight excluding hydrogens is 312 g/mol. The topological polar surface area (TPSA) is 34.6 Å². The Hall–Kier alpha value is -0.433. The maximum absolute atomic E-state index is 6.27. The van der Waals surface area contributed by atoms with Crippen molar-refractivity contribution < 1.29 is 9.16 Å². The van der Waals surface area contributed by atoms with Crippen LogP contribution in [0.25, 0.3) is 0 Å². The lowest BCUT2D eigenvalue weighted by Crippen LogP contribution is -2.40. The number of thiazole rings is 1. The maximum Gasteiger partial charge on any atom is 0.192 e. The van der Waals surface area contributed by atoms with Crippen LogP contribution in [0.5, 0.6) is 0 Å². The van der Waals surface area contributed by atoms with Crippen molar-refractivity contribution in [2.24, 2.45) is 0 Å². The summed E-state index contributed by atoms with van der Waals surface area (Å²) in [5.41, 5.74) is 1.06. The van der Waals surface area contributed by atoms with Crippen molar-refractivity contribution in [3.63, 3.8) is 0 Å². The van der Waals surface area contributed by atoms with Crippen LogP contribution in [0.1, 0.15) is 39.3 Å². The maximum atomic E-state index is 6.27. The highest BCUT2D eigenvalue weighted by Crippen LogP contribution is 2.37. The van der Waals surface area contributed by atoms with E-state index in [-0.39, 0.29) is 5.04 Å². The molecule has 1 aromatic heterocycles. The molecule has 0 aliphatic carbocycles. The molecule has 0 aromatic carbocycles. The predicted octanol–water partition coefficient (Wildman–Crippen LogP) is 4.28. The zero-order valence-corrected chi connectivity index (χ0v) is 16.6. The molecular formula is C16H30N2O2SSi. The molecule has 1 aromatic rings. The van der Waals surface area contributed by atoms with E-state index in [9.17, 15) is 0 Å². The van der Waals surface area contributed by atoms with Gasteiger partial charge in [0.1, 0.15) is 0 Å². The monoisotopic (exact) mass is 342 g/mol. The van der Waals surface area contributed by atoms with Gasteiger partial charge in [0.15, 0.2) is 13.4 Å². The lowest BCUT2D eigenvalue weighted by molar-refractivity contribution is 0.181. The van der Waals surface area contributed by atoms with E-state index in [1.807, 2.05) is 0 Å². The van der Waals surface area contributed by atoms with Gasteiger partial charge in [0.05, 0.1) is 24.9 Å². The molecule has 0 N–H and O–H groups in total. The van der Waals surface area contributed by atoms with Gasteiger partial charge < -0.3 is 14.1 Å². The number of nitrogens with zero attached hydrogens (tertiary/aromatic N) is 2. The molecule has 0 unspecified atom stereocenters. The van der Waals surface area contributed by atoms with Gasteiger partial charge in [0, 0.05) is 19.0 Å². The molecule has 2 heterocycles. The summed E-state index contributed by atoms with van der Waals surface area (Å²) in [6.45, 7) is 13.9. The van der Waals surface area contributed by atoms with Gasteiger partial charge in [-0.2, -0.15) is 0 Å². The quantitative estimate of drug-likeness (QED) is 0.723. The van der Waals surface area contributed by atoms with Gasteiger partial charge in [-0.05, 0) is 31.0 Å². The van der Waals surface area contributed by atoms with E-state index < -0.39 is 8.32 Å². The number of aromatic nitrogens is 1. The number of hydrogen-bond donors (Lipinski definition) is 0. The molecule has 6 heteroatoms. The molecule has 1 fully saturated rings. The lowest BCUT2D eigenvalue weighted by Gasteiger charge is -2.35. The molecule has 2 rings (SSSR count). The molecule has 0 saturated carbocycles. The van der Waals surface area contributed by atoms with Gasteiger partial charge in [-0.15, -0.1) is 11.3 Å². The van der Waals surface area contributed by atoms with Crippen molar-refractivity contribution in [1.29, 1.82) is 0 Å². The molecule has 0 radical (unpaired) electrons. The number of methoxy groups -OCH3 is 1. The minimum Gasteiger partial charge on any atom is -0.411 e. The number of anilines is 1. The van der Waals surface area contributed by atoms with Gasteiger partial charge in [0.25, 0.3) is 0 Å². The summed E-state index contributed by atoms with van der Waals surface area (Å²) in [6.07, 6.45) is 2.42. The summed E-state index contributed by atoms with van der Waals surface area (Å²) in [5, 5.41) is 3.50. The van der Waals surface area contributed by atoms with Crippen LogP contribution in [0.3, 0.4) is 0 Å². The van der Waals surface area contributed by atoms with Crippen molar-refractivity contribution in [2.75, 3.05) is 25.2 Å². The van der Waals surface area contributed by atoms with E-state index in [0.29, 0.717) is 12.6 Å². The summed E-state index contributed by atoms with van der Waals surface area (Å²) in [5.74, 6) is 0. The van der Waals surface area contributed by atoms with Crippen LogP contribution in [-0.2, 0) is 15.8 Å². The Kier molecular flexibility index (Phi) is 5.69. The fraction of sp³-hybridized carbons (Fsp3) is 0.812. The highest BCUT2D eigenvalue weighted by atomic mass is 32.1. The van der Waals surface area contributed by atoms with Crippen molar-refractivity contribution in [2.45, 2.75) is 64.4 Å². The average Bonchev–Trinajstić information content (AvgIpc) is 3.03. The first kappa shape index (κ1) is 17.9. The average molecular weight is 343 g/mol. The van der Waals surface area contributed by atoms with Crippen LogP contribution < -0.4 is 4.90 Å². The first-order chi connectivity index (χ1) is 10.2. The SMILES string of the molecule is COC[C@@H]1CCCN1c1nc(CO[Si](C)(C)C(C)(C)C)cs1. The Balaban J connectivity index is 1.97. The van der Waals surface area contributed by atoms with E-state index in [0.717, 1.165) is 24.0 Å². The molecule has 1 atom stereocenters. The van der Waals surface area contributed by atoms with E-state index in [4.69, 9.17) is 14.1 Å². The molecule has 1 aliphatic rings. The minimum absolute atomic E-state index is 0.240. The second-order valence-electron chi connectivity index (χ2n) is 7.62. The Labute approximate surface area is 140 Å². The summed E-state index contributed by atoms with van der Waals surface area (Å²) in [6, 6.07) is 0.477. The minimum atomic E-state index is -1.71. The van der Waals surface area contributed by atoms with E-state index in [2.05, 4.69) is 44.1 Å². The normalized spacial score (nSPS) is 19.9. The molecule has 126 valence electrons. The summed E-state index contributed by atoms with van der Waals surface area (Å²) in [4.78, 5) is 7.19. The molecule has 0 spiro atoms. The van der Waals surface area contributed by atoms with Crippen LogP contribution in [-0.4, -0.2) is 39.6 Å². The Morgan fingerprint density at radius 2 is 2.14 bits per heavy atom. The zero-order valence-electron chi connectivity index (χ0n) is 14.8. The fourth-order valence-electron chi connectivity index (χ4n) is 2.42. The highest BCUT2D eigenvalue weighted by molar-refractivity contribution is 7.13. The van der Waals surface area contributed by atoms with Gasteiger partial charge >= 0.3 is 0 Å². The van der Waals surface area contributed by atoms with Gasteiger partial charge in [-0.25, -0.2) is 4.98 Å². The van der Waals surface area contributed by atoms with Crippen LogP contribution in [0.4, 0.5) is 5.13 Å². The number of hydrogen-bond acceptors (Lipinski definition) is 5. The van der Waals surface area contributed by atoms with Crippen LogP contribution in [0.2, 0.25) is 18.1 Å². The molecule has 22 heavy (non-hydrogen) atoms. The standard InChI is InChI=1S/C16H30N2O2SSi/c1-16(2,3)22(5,6)20-10-13-12-21-15(17-13)18-9-7-8-14(18)11-19-4/h12,14H,7-11H2,1-6H3/t14-/m0/s1. The van der Waals surface area contributed by atoms with Gasteiger partial charge in [0.2, 0.25) is 0 Å². The van der Waals surface area contributed by atoms with E-state index in [1.165, 1.54) is 12.8 Å². The predicted molar refractivity (Wildman–Crippen MR) is 96.3 cm³/mol. The molecule has 0 amide bonds. The first-order valence-corrected chi connectivity index (χ1v) is 11.9. The first-order valence-electron chi connectivity index (χ1n) is 8.08. The van der Waals surface area contributed by atoms with Crippen LogP contribution >= 0.6 is 11.3 Å². The molecule has 1 aliphatic heterocycles. The van der Waals surface area contributed by atoms with Crippen molar-refractivity contribution in [3.8, 4) is 0 Å². The molecule has 1 saturated heterocycles. The second kappa shape index (κ2) is 6.99. The van der Waals surface area contributed by atoms with Gasteiger partial charge in [-0.1, -0.05) is 20.8 Å². The Morgan fingerprint density at radius 3 is 2.77 bits per heavy atom. The van der Waals surface area contributed by atoms with E-state index in [1.54, 1.807) is 18.4 Å². The van der Waals surface area contributed by atoms with Crippen molar-refractivity contribution >= 4 is 24.8 Å². The smallest absolute Gasteiger partial charge is 0.192 e. The van der Waals surface area contributed by atoms with Gasteiger partial charge in [-0.3, -0.25) is 0 Å².